The van der Waals surface area contributed by atoms with Gasteiger partial charge in [-0.3, -0.25) is 4.79 Å². The molecule has 0 spiro atoms. The fourth-order valence-electron chi connectivity index (χ4n) is 2.95. The maximum atomic E-state index is 12.7. The standard InChI is InChI=1S/C19H21ClN2O3S2/c1-14(19(23)15-6-5-7-16(20)12-15)26-18-9-8-17(13-21-18)27(24,25)22-10-3-2-4-11-22/h5-9,12-14H,2-4,10-11H2,1H3. The van der Waals surface area contributed by atoms with E-state index in [1.165, 1.54) is 22.3 Å². The highest BCUT2D eigenvalue weighted by atomic mass is 35.5. The lowest BCUT2D eigenvalue weighted by atomic mass is 10.1. The van der Waals surface area contributed by atoms with Crippen molar-refractivity contribution in [3.63, 3.8) is 0 Å². The van der Waals surface area contributed by atoms with Crippen LogP contribution in [0.1, 0.15) is 36.5 Å². The third-order valence-electron chi connectivity index (χ3n) is 4.44. The van der Waals surface area contributed by atoms with E-state index in [-0.39, 0.29) is 15.9 Å². The van der Waals surface area contributed by atoms with Crippen LogP contribution in [-0.2, 0) is 10.0 Å². The lowest BCUT2D eigenvalue weighted by Gasteiger charge is -2.25. The highest BCUT2D eigenvalue weighted by Gasteiger charge is 2.26. The van der Waals surface area contributed by atoms with Crippen LogP contribution in [0.15, 0.2) is 52.5 Å². The van der Waals surface area contributed by atoms with E-state index in [1.54, 1.807) is 43.3 Å². The van der Waals surface area contributed by atoms with Crippen molar-refractivity contribution in [2.75, 3.05) is 13.1 Å². The number of hydrogen-bond donors (Lipinski definition) is 0. The van der Waals surface area contributed by atoms with Gasteiger partial charge in [0.1, 0.15) is 4.90 Å². The Morgan fingerprint density at radius 3 is 2.56 bits per heavy atom. The van der Waals surface area contributed by atoms with Crippen LogP contribution < -0.4 is 0 Å². The molecule has 1 atom stereocenters. The predicted octanol–water partition coefficient (Wildman–Crippen LogP) is 4.27. The molecule has 1 saturated heterocycles. The monoisotopic (exact) mass is 424 g/mol. The Balaban J connectivity index is 1.69. The quantitative estimate of drug-likeness (QED) is 0.511. The maximum Gasteiger partial charge on any atom is 0.244 e. The molecule has 2 heterocycles. The number of benzene rings is 1. The van der Waals surface area contributed by atoms with Crippen molar-refractivity contribution >= 4 is 39.2 Å². The number of aromatic nitrogens is 1. The molecule has 3 rings (SSSR count). The Morgan fingerprint density at radius 2 is 1.93 bits per heavy atom. The minimum Gasteiger partial charge on any atom is -0.293 e. The van der Waals surface area contributed by atoms with Gasteiger partial charge < -0.3 is 0 Å². The number of carbonyl (C=O) groups excluding carboxylic acids is 1. The summed E-state index contributed by atoms with van der Waals surface area (Å²) in [6.45, 7) is 2.92. The highest BCUT2D eigenvalue weighted by Crippen LogP contribution is 2.27. The van der Waals surface area contributed by atoms with Gasteiger partial charge in [-0.05, 0) is 44.0 Å². The van der Waals surface area contributed by atoms with E-state index in [0.29, 0.717) is 28.7 Å². The Labute approximate surface area is 169 Å². The molecule has 0 amide bonds. The molecule has 1 aliphatic heterocycles. The summed E-state index contributed by atoms with van der Waals surface area (Å²) in [5, 5.41) is 0.763. The minimum atomic E-state index is -3.49. The molecular formula is C19H21ClN2O3S2. The molecule has 0 saturated carbocycles. The van der Waals surface area contributed by atoms with Crippen molar-refractivity contribution in [1.29, 1.82) is 0 Å². The maximum absolute atomic E-state index is 12.7. The number of ketones is 1. The molecule has 2 aromatic rings. The number of Topliss-reactive ketones (excluding diaryl/α,β-unsaturated/α-hetero) is 1. The zero-order valence-electron chi connectivity index (χ0n) is 15.0. The second-order valence-corrected chi connectivity index (χ2v) is 10.2. The van der Waals surface area contributed by atoms with E-state index >= 15 is 0 Å². The number of piperidine rings is 1. The van der Waals surface area contributed by atoms with E-state index in [4.69, 9.17) is 11.6 Å². The molecule has 5 nitrogen and oxygen atoms in total. The van der Waals surface area contributed by atoms with Gasteiger partial charge in [-0.15, -0.1) is 0 Å². The predicted molar refractivity (Wildman–Crippen MR) is 108 cm³/mol. The summed E-state index contributed by atoms with van der Waals surface area (Å²) in [5.74, 6) is -0.0469. The Hall–Kier alpha value is -1.41. The lowest BCUT2D eigenvalue weighted by molar-refractivity contribution is 0.0994. The van der Waals surface area contributed by atoms with Gasteiger partial charge in [0.15, 0.2) is 5.78 Å². The molecular weight excluding hydrogens is 404 g/mol. The molecule has 1 fully saturated rings. The minimum absolute atomic E-state index is 0.0469. The van der Waals surface area contributed by atoms with Crippen LogP contribution in [-0.4, -0.2) is 41.8 Å². The van der Waals surface area contributed by atoms with Crippen molar-refractivity contribution in [1.82, 2.24) is 9.29 Å². The van der Waals surface area contributed by atoms with E-state index in [0.717, 1.165) is 19.3 Å². The van der Waals surface area contributed by atoms with Gasteiger partial charge in [0.25, 0.3) is 0 Å². The first-order valence-electron chi connectivity index (χ1n) is 8.80. The summed E-state index contributed by atoms with van der Waals surface area (Å²) in [5.41, 5.74) is 0.548. The molecule has 8 heteroatoms. The number of hydrogen-bond acceptors (Lipinski definition) is 5. The van der Waals surface area contributed by atoms with E-state index in [2.05, 4.69) is 4.98 Å². The van der Waals surface area contributed by atoms with Gasteiger partial charge >= 0.3 is 0 Å². The molecule has 0 N–H and O–H groups in total. The molecule has 144 valence electrons. The van der Waals surface area contributed by atoms with Crippen molar-refractivity contribution in [2.24, 2.45) is 0 Å². The number of nitrogens with zero attached hydrogens (tertiary/aromatic N) is 2. The average Bonchev–Trinajstić information content (AvgIpc) is 2.68. The third kappa shape index (κ3) is 4.90. The smallest absolute Gasteiger partial charge is 0.244 e. The van der Waals surface area contributed by atoms with Crippen molar-refractivity contribution in [2.45, 2.75) is 41.4 Å². The first-order valence-corrected chi connectivity index (χ1v) is 11.5. The third-order valence-corrected chi connectivity index (χ3v) is 7.61. The molecule has 1 aromatic heterocycles. The average molecular weight is 425 g/mol. The number of sulfonamides is 1. The van der Waals surface area contributed by atoms with Crippen LogP contribution in [0.25, 0.3) is 0 Å². The Kier molecular flexibility index (Phi) is 6.57. The van der Waals surface area contributed by atoms with Crippen LogP contribution in [0.2, 0.25) is 5.02 Å². The molecule has 0 radical (unpaired) electrons. The van der Waals surface area contributed by atoms with Gasteiger partial charge in [0.05, 0.1) is 10.3 Å². The number of rotatable bonds is 6. The summed E-state index contributed by atoms with van der Waals surface area (Å²) < 4.78 is 26.8. The van der Waals surface area contributed by atoms with Crippen molar-refractivity contribution in [3.8, 4) is 0 Å². The normalized spacial score (nSPS) is 16.8. The van der Waals surface area contributed by atoms with E-state index in [9.17, 15) is 13.2 Å². The first-order chi connectivity index (χ1) is 12.9. The van der Waals surface area contributed by atoms with E-state index < -0.39 is 10.0 Å². The van der Waals surface area contributed by atoms with Gasteiger partial charge in [-0.1, -0.05) is 41.9 Å². The molecule has 1 aliphatic rings. The van der Waals surface area contributed by atoms with Crippen molar-refractivity contribution in [3.05, 3.63) is 53.2 Å². The molecule has 1 aromatic carbocycles. The first kappa shape index (κ1) is 20.3. The second-order valence-electron chi connectivity index (χ2n) is 6.43. The van der Waals surface area contributed by atoms with Gasteiger partial charge in [-0.2, -0.15) is 4.31 Å². The summed E-state index contributed by atoms with van der Waals surface area (Å²) in [6, 6.07) is 10.1. The SMILES string of the molecule is CC(Sc1ccc(S(=O)(=O)N2CCCCC2)cn1)C(=O)c1cccc(Cl)c1. The zero-order valence-corrected chi connectivity index (χ0v) is 17.4. The zero-order chi connectivity index (χ0) is 19.4. The fourth-order valence-corrected chi connectivity index (χ4v) is 5.47. The Morgan fingerprint density at radius 1 is 1.19 bits per heavy atom. The lowest BCUT2D eigenvalue weighted by Crippen LogP contribution is -2.35. The van der Waals surface area contributed by atoms with Crippen LogP contribution in [0.5, 0.6) is 0 Å². The summed E-state index contributed by atoms with van der Waals surface area (Å²) in [6.07, 6.45) is 4.23. The largest absolute Gasteiger partial charge is 0.293 e. The summed E-state index contributed by atoms with van der Waals surface area (Å²) >= 11 is 7.24. The number of thioether (sulfide) groups is 1. The topological polar surface area (TPSA) is 67.3 Å². The highest BCUT2D eigenvalue weighted by molar-refractivity contribution is 8.00. The van der Waals surface area contributed by atoms with Crippen molar-refractivity contribution < 1.29 is 13.2 Å². The number of halogens is 1. The van der Waals surface area contributed by atoms with Gasteiger partial charge in [-0.25, -0.2) is 13.4 Å². The fraction of sp³-hybridized carbons (Fsp3) is 0.368. The molecule has 0 bridgehead atoms. The molecule has 1 unspecified atom stereocenters. The van der Waals surface area contributed by atoms with Crippen LogP contribution >= 0.6 is 23.4 Å². The molecule has 27 heavy (non-hydrogen) atoms. The second kappa shape index (κ2) is 8.73. The van der Waals surface area contributed by atoms with E-state index in [1.807, 2.05) is 0 Å². The van der Waals surface area contributed by atoms with Gasteiger partial charge in [0, 0.05) is 29.9 Å². The van der Waals surface area contributed by atoms with Crippen LogP contribution in [0, 0.1) is 0 Å². The van der Waals surface area contributed by atoms with Crippen LogP contribution in [0.3, 0.4) is 0 Å². The summed E-state index contributed by atoms with van der Waals surface area (Å²) in [4.78, 5) is 17.0. The Bertz CT molecular complexity index is 911. The van der Waals surface area contributed by atoms with Crippen LogP contribution in [0.4, 0.5) is 0 Å². The molecule has 0 aliphatic carbocycles. The summed E-state index contributed by atoms with van der Waals surface area (Å²) in [7, 11) is -3.49. The number of carbonyl (C=O) groups is 1. The number of pyridine rings is 1. The van der Waals surface area contributed by atoms with Gasteiger partial charge in [0.2, 0.25) is 10.0 Å².